The third-order valence-electron chi connectivity index (χ3n) is 2.80. The first-order chi connectivity index (χ1) is 9.71. The molecule has 0 fully saturated rings. The van der Waals surface area contributed by atoms with Crippen LogP contribution >= 0.6 is 0 Å². The highest BCUT2D eigenvalue weighted by atomic mass is 16.5. The third-order valence-corrected chi connectivity index (χ3v) is 2.80. The van der Waals surface area contributed by atoms with Crippen LogP contribution in [0.25, 0.3) is 0 Å². The molecule has 2 aromatic rings. The molecule has 20 heavy (non-hydrogen) atoms. The Kier molecular flexibility index (Phi) is 4.68. The smallest absolute Gasteiger partial charge is 0.229 e. The molecule has 0 saturated heterocycles. The van der Waals surface area contributed by atoms with Crippen LogP contribution in [0.4, 0.5) is 5.82 Å². The molecule has 0 saturated carbocycles. The zero-order valence-corrected chi connectivity index (χ0v) is 11.2. The largest absolute Gasteiger partial charge is 0.497 e. The van der Waals surface area contributed by atoms with E-state index in [9.17, 15) is 4.79 Å². The fourth-order valence-corrected chi connectivity index (χ4v) is 1.76. The Hall–Kier alpha value is -2.40. The normalized spacial score (nSPS) is 10.1. The van der Waals surface area contributed by atoms with Crippen molar-refractivity contribution in [2.75, 3.05) is 12.4 Å². The third kappa shape index (κ3) is 3.80. The summed E-state index contributed by atoms with van der Waals surface area (Å²) >= 11 is 0. The minimum atomic E-state index is -0.155. The minimum Gasteiger partial charge on any atom is -0.497 e. The second kappa shape index (κ2) is 6.68. The summed E-state index contributed by atoms with van der Waals surface area (Å²) in [5.74, 6) is 1.04. The number of carbonyl (C=O) groups excluding carboxylic acids is 1. The first kappa shape index (κ1) is 14.0. The van der Waals surface area contributed by atoms with E-state index in [2.05, 4.69) is 10.3 Å². The van der Waals surface area contributed by atoms with Crippen molar-refractivity contribution in [3.8, 4) is 5.75 Å². The molecule has 1 aromatic carbocycles. The van der Waals surface area contributed by atoms with E-state index in [0.29, 0.717) is 11.4 Å². The SMILES string of the molecule is COc1ccc(CC(=O)Nc2cc(CO)ccn2)cc1. The number of nitrogens with zero attached hydrogens (tertiary/aromatic N) is 1. The molecule has 0 unspecified atom stereocenters. The second-order valence-electron chi connectivity index (χ2n) is 4.28. The number of nitrogens with one attached hydrogen (secondary N) is 1. The Bertz CT molecular complexity index is 582. The summed E-state index contributed by atoms with van der Waals surface area (Å²) in [5, 5.41) is 11.7. The quantitative estimate of drug-likeness (QED) is 0.870. The fraction of sp³-hybridized carbons (Fsp3) is 0.200. The van der Waals surface area contributed by atoms with E-state index < -0.39 is 0 Å². The molecule has 104 valence electrons. The highest BCUT2D eigenvalue weighted by Crippen LogP contribution is 2.12. The Morgan fingerprint density at radius 1 is 1.25 bits per heavy atom. The maximum Gasteiger partial charge on any atom is 0.229 e. The van der Waals surface area contributed by atoms with Gasteiger partial charge in [-0.2, -0.15) is 0 Å². The van der Waals surface area contributed by atoms with Gasteiger partial charge in [0.2, 0.25) is 5.91 Å². The van der Waals surface area contributed by atoms with Crippen molar-refractivity contribution in [2.24, 2.45) is 0 Å². The highest BCUT2D eigenvalue weighted by Gasteiger charge is 2.05. The van der Waals surface area contributed by atoms with Gasteiger partial charge in [0, 0.05) is 6.20 Å². The van der Waals surface area contributed by atoms with Gasteiger partial charge in [-0.1, -0.05) is 12.1 Å². The summed E-state index contributed by atoms with van der Waals surface area (Å²) < 4.78 is 5.06. The van der Waals surface area contributed by atoms with Gasteiger partial charge >= 0.3 is 0 Å². The number of ether oxygens (including phenoxy) is 1. The molecule has 1 amide bonds. The minimum absolute atomic E-state index is 0.0795. The van der Waals surface area contributed by atoms with E-state index in [1.54, 1.807) is 25.4 Å². The maximum absolute atomic E-state index is 11.9. The number of anilines is 1. The predicted molar refractivity (Wildman–Crippen MR) is 75.5 cm³/mol. The number of hydrogen-bond acceptors (Lipinski definition) is 4. The molecule has 1 aromatic heterocycles. The van der Waals surface area contributed by atoms with Gasteiger partial charge in [-0.15, -0.1) is 0 Å². The lowest BCUT2D eigenvalue weighted by Crippen LogP contribution is -2.15. The molecular weight excluding hydrogens is 256 g/mol. The lowest BCUT2D eigenvalue weighted by molar-refractivity contribution is -0.115. The van der Waals surface area contributed by atoms with Crippen LogP contribution in [0.3, 0.4) is 0 Å². The van der Waals surface area contributed by atoms with E-state index >= 15 is 0 Å². The van der Waals surface area contributed by atoms with Crippen molar-refractivity contribution < 1.29 is 14.6 Å². The number of rotatable bonds is 5. The summed E-state index contributed by atoms with van der Waals surface area (Å²) in [5.41, 5.74) is 1.60. The molecule has 5 nitrogen and oxygen atoms in total. The second-order valence-corrected chi connectivity index (χ2v) is 4.28. The lowest BCUT2D eigenvalue weighted by atomic mass is 10.1. The molecule has 0 aliphatic carbocycles. The maximum atomic E-state index is 11.9. The number of pyridine rings is 1. The van der Waals surface area contributed by atoms with Crippen LogP contribution in [0.5, 0.6) is 5.75 Å². The lowest BCUT2D eigenvalue weighted by Gasteiger charge is -2.06. The number of carbonyl (C=O) groups is 1. The molecule has 0 radical (unpaired) electrons. The Morgan fingerprint density at radius 2 is 2.00 bits per heavy atom. The van der Waals surface area contributed by atoms with Gasteiger partial charge in [0.05, 0.1) is 20.1 Å². The number of benzene rings is 1. The van der Waals surface area contributed by atoms with Crippen LogP contribution in [-0.2, 0) is 17.8 Å². The van der Waals surface area contributed by atoms with Gasteiger partial charge < -0.3 is 15.2 Å². The predicted octanol–water partition coefficient (Wildman–Crippen LogP) is 1.76. The number of hydrogen-bond donors (Lipinski definition) is 2. The van der Waals surface area contributed by atoms with Crippen LogP contribution in [0.15, 0.2) is 42.6 Å². The molecule has 1 heterocycles. The molecule has 5 heteroatoms. The topological polar surface area (TPSA) is 71.5 Å². The van der Waals surface area contributed by atoms with Crippen molar-refractivity contribution in [1.29, 1.82) is 0 Å². The highest BCUT2D eigenvalue weighted by molar-refractivity contribution is 5.91. The van der Waals surface area contributed by atoms with Crippen LogP contribution < -0.4 is 10.1 Å². The molecule has 2 rings (SSSR count). The van der Waals surface area contributed by atoms with E-state index in [1.165, 1.54) is 0 Å². The molecule has 0 spiro atoms. The monoisotopic (exact) mass is 272 g/mol. The molecule has 0 bridgehead atoms. The number of aliphatic hydroxyl groups is 1. The summed E-state index contributed by atoms with van der Waals surface area (Å²) in [7, 11) is 1.60. The van der Waals surface area contributed by atoms with Crippen LogP contribution in [0.1, 0.15) is 11.1 Å². The molecule has 2 N–H and O–H groups in total. The Balaban J connectivity index is 1.97. The van der Waals surface area contributed by atoms with Gasteiger partial charge in [-0.05, 0) is 35.4 Å². The van der Waals surface area contributed by atoms with Gasteiger partial charge in [0.15, 0.2) is 0 Å². The van der Waals surface area contributed by atoms with Gasteiger partial charge in [0.1, 0.15) is 11.6 Å². The van der Waals surface area contributed by atoms with E-state index in [4.69, 9.17) is 9.84 Å². The van der Waals surface area contributed by atoms with E-state index in [-0.39, 0.29) is 18.9 Å². The standard InChI is InChI=1S/C15H16N2O3/c1-20-13-4-2-11(3-5-13)9-15(19)17-14-8-12(10-18)6-7-16-14/h2-8,18H,9-10H2,1H3,(H,16,17,19). The van der Waals surface area contributed by atoms with Crippen molar-refractivity contribution in [2.45, 2.75) is 13.0 Å². The van der Waals surface area contributed by atoms with Crippen molar-refractivity contribution in [3.63, 3.8) is 0 Å². The number of methoxy groups -OCH3 is 1. The fourth-order valence-electron chi connectivity index (χ4n) is 1.76. The van der Waals surface area contributed by atoms with Crippen LogP contribution in [-0.4, -0.2) is 23.1 Å². The van der Waals surface area contributed by atoms with E-state index in [0.717, 1.165) is 11.3 Å². The van der Waals surface area contributed by atoms with Gasteiger partial charge in [-0.25, -0.2) is 4.98 Å². The number of aliphatic hydroxyl groups excluding tert-OH is 1. The molecule has 0 atom stereocenters. The Morgan fingerprint density at radius 3 is 2.65 bits per heavy atom. The zero-order chi connectivity index (χ0) is 14.4. The molecule has 0 aliphatic heterocycles. The van der Waals surface area contributed by atoms with Crippen LogP contribution in [0, 0.1) is 0 Å². The van der Waals surface area contributed by atoms with Gasteiger partial charge in [0.25, 0.3) is 0 Å². The number of aromatic nitrogens is 1. The molecule has 0 aliphatic rings. The summed E-state index contributed by atoms with van der Waals surface area (Å²) in [6.45, 7) is -0.0795. The van der Waals surface area contributed by atoms with Crippen molar-refractivity contribution in [1.82, 2.24) is 4.98 Å². The van der Waals surface area contributed by atoms with Gasteiger partial charge in [-0.3, -0.25) is 4.79 Å². The van der Waals surface area contributed by atoms with E-state index in [1.807, 2.05) is 24.3 Å². The van der Waals surface area contributed by atoms with Crippen molar-refractivity contribution in [3.05, 3.63) is 53.7 Å². The summed E-state index contributed by atoms with van der Waals surface area (Å²) in [6.07, 6.45) is 1.81. The van der Waals surface area contributed by atoms with Crippen molar-refractivity contribution >= 4 is 11.7 Å². The zero-order valence-electron chi connectivity index (χ0n) is 11.2. The number of amides is 1. The van der Waals surface area contributed by atoms with Crippen LogP contribution in [0.2, 0.25) is 0 Å². The average molecular weight is 272 g/mol. The average Bonchev–Trinajstić information content (AvgIpc) is 2.48. The first-order valence-electron chi connectivity index (χ1n) is 6.20. The Labute approximate surface area is 117 Å². The summed E-state index contributed by atoms with van der Waals surface area (Å²) in [6, 6.07) is 10.7. The molecular formula is C15H16N2O3. The first-order valence-corrected chi connectivity index (χ1v) is 6.20. The summed E-state index contributed by atoms with van der Waals surface area (Å²) in [4.78, 5) is 15.9.